The summed E-state index contributed by atoms with van der Waals surface area (Å²) < 4.78 is 0. The van der Waals surface area contributed by atoms with Crippen molar-refractivity contribution in [2.75, 3.05) is 12.3 Å². The molecule has 0 saturated heterocycles. The lowest BCUT2D eigenvalue weighted by Gasteiger charge is -2.15. The second-order valence-corrected chi connectivity index (χ2v) is 5.47. The molecule has 3 amide bonds. The Labute approximate surface area is 122 Å². The molecule has 3 N–H and O–H groups in total. The molecule has 1 heterocycles. The molecule has 6 heteroatoms. The lowest BCUT2D eigenvalue weighted by molar-refractivity contribution is -0.125. The fraction of sp³-hybridized carbons (Fsp3) is 0.400. The van der Waals surface area contributed by atoms with Crippen molar-refractivity contribution in [3.05, 3.63) is 29.3 Å². The fourth-order valence-corrected chi connectivity index (χ4v) is 2.98. The lowest BCUT2D eigenvalue weighted by atomic mass is 10.1. The van der Waals surface area contributed by atoms with Crippen LogP contribution in [-0.4, -0.2) is 35.2 Å². The van der Waals surface area contributed by atoms with E-state index < -0.39 is 17.7 Å². The fourth-order valence-electron chi connectivity index (χ4n) is 2.98. The number of fused-ring (bicyclic) bond motifs is 1. The van der Waals surface area contributed by atoms with E-state index in [1.807, 2.05) is 0 Å². The Balaban J connectivity index is 1.74. The van der Waals surface area contributed by atoms with Gasteiger partial charge in [-0.25, -0.2) is 4.90 Å². The quantitative estimate of drug-likeness (QED) is 0.637. The van der Waals surface area contributed by atoms with Crippen LogP contribution in [0.4, 0.5) is 5.69 Å². The maximum absolute atomic E-state index is 12.2. The van der Waals surface area contributed by atoms with E-state index in [0.29, 0.717) is 10.9 Å². The molecule has 1 fully saturated rings. The first-order valence-corrected chi connectivity index (χ1v) is 7.13. The third-order valence-electron chi connectivity index (χ3n) is 4.09. The Morgan fingerprint density at radius 1 is 1.24 bits per heavy atom. The van der Waals surface area contributed by atoms with Gasteiger partial charge in [-0.1, -0.05) is 18.9 Å². The number of rotatable bonds is 3. The van der Waals surface area contributed by atoms with Crippen molar-refractivity contribution in [2.45, 2.75) is 31.7 Å². The number of nitrogen functional groups attached to an aromatic ring is 1. The summed E-state index contributed by atoms with van der Waals surface area (Å²) in [7, 11) is 0. The molecular weight excluding hydrogens is 270 g/mol. The number of amides is 3. The molecular formula is C15H17N3O3. The van der Waals surface area contributed by atoms with Gasteiger partial charge in [0.1, 0.15) is 0 Å². The zero-order chi connectivity index (χ0) is 15.0. The van der Waals surface area contributed by atoms with Crippen molar-refractivity contribution < 1.29 is 14.4 Å². The molecule has 0 spiro atoms. The molecule has 1 aromatic carbocycles. The lowest BCUT2D eigenvalue weighted by Crippen LogP contribution is -2.43. The van der Waals surface area contributed by atoms with Crippen LogP contribution in [0.1, 0.15) is 46.4 Å². The van der Waals surface area contributed by atoms with Gasteiger partial charge >= 0.3 is 0 Å². The van der Waals surface area contributed by atoms with Gasteiger partial charge in [0.15, 0.2) is 0 Å². The zero-order valence-corrected chi connectivity index (χ0v) is 11.6. The average molecular weight is 287 g/mol. The predicted octanol–water partition coefficient (Wildman–Crippen LogP) is 0.924. The molecule has 2 aliphatic rings. The number of nitrogens with two attached hydrogens (primary N) is 1. The molecule has 6 nitrogen and oxygen atoms in total. The maximum Gasteiger partial charge on any atom is 0.270 e. The number of nitrogens with one attached hydrogen (secondary N) is 1. The molecule has 21 heavy (non-hydrogen) atoms. The number of carbonyl (C=O) groups is 3. The first-order chi connectivity index (χ1) is 10.1. The highest BCUT2D eigenvalue weighted by molar-refractivity contribution is 6.30. The van der Waals surface area contributed by atoms with Crippen LogP contribution in [0.15, 0.2) is 18.2 Å². The minimum Gasteiger partial charge on any atom is -0.398 e. The van der Waals surface area contributed by atoms with Crippen LogP contribution < -0.4 is 11.1 Å². The first-order valence-electron chi connectivity index (χ1n) is 7.13. The summed E-state index contributed by atoms with van der Waals surface area (Å²) in [6, 6.07) is 4.97. The molecule has 0 atom stereocenters. The van der Waals surface area contributed by atoms with Crippen LogP contribution in [0.5, 0.6) is 0 Å². The summed E-state index contributed by atoms with van der Waals surface area (Å²) in [5.74, 6) is -1.72. The van der Waals surface area contributed by atoms with Crippen molar-refractivity contribution in [3.8, 4) is 0 Å². The second-order valence-electron chi connectivity index (χ2n) is 5.47. The third kappa shape index (κ3) is 2.31. The average Bonchev–Trinajstić information content (AvgIpc) is 3.05. The van der Waals surface area contributed by atoms with Crippen LogP contribution in [0.2, 0.25) is 0 Å². The van der Waals surface area contributed by atoms with Crippen LogP contribution in [0, 0.1) is 0 Å². The molecule has 3 rings (SSSR count). The Hall–Kier alpha value is -2.21. The van der Waals surface area contributed by atoms with E-state index in [1.165, 1.54) is 6.07 Å². The minimum atomic E-state index is -0.619. The van der Waals surface area contributed by atoms with Crippen molar-refractivity contribution in [1.82, 2.24) is 10.2 Å². The van der Waals surface area contributed by atoms with E-state index in [0.717, 1.165) is 25.7 Å². The number of imide groups is 3. The zero-order valence-electron chi connectivity index (χ0n) is 11.6. The smallest absolute Gasteiger partial charge is 0.270 e. The van der Waals surface area contributed by atoms with Gasteiger partial charge in [-0.05, 0) is 25.0 Å². The van der Waals surface area contributed by atoms with E-state index in [2.05, 4.69) is 5.32 Å². The van der Waals surface area contributed by atoms with E-state index >= 15 is 0 Å². The monoisotopic (exact) mass is 287 g/mol. The molecule has 1 saturated carbocycles. The minimum absolute atomic E-state index is 0.00393. The topological polar surface area (TPSA) is 92.5 Å². The molecule has 0 unspecified atom stereocenters. The number of hydrogen-bond donors (Lipinski definition) is 2. The summed E-state index contributed by atoms with van der Waals surface area (Å²) in [6.07, 6.45) is 4.36. The van der Waals surface area contributed by atoms with Crippen LogP contribution >= 0.6 is 0 Å². The van der Waals surface area contributed by atoms with Gasteiger partial charge in [-0.2, -0.15) is 0 Å². The molecule has 0 aromatic heterocycles. The van der Waals surface area contributed by atoms with Gasteiger partial charge in [-0.15, -0.1) is 0 Å². The van der Waals surface area contributed by atoms with E-state index in [9.17, 15) is 14.4 Å². The van der Waals surface area contributed by atoms with Gasteiger partial charge in [0.2, 0.25) is 0 Å². The molecule has 1 aliphatic carbocycles. The number of anilines is 1. The number of nitrogens with zero attached hydrogens (tertiary/aromatic N) is 1. The van der Waals surface area contributed by atoms with Gasteiger partial charge in [0.05, 0.1) is 17.7 Å². The van der Waals surface area contributed by atoms with Crippen molar-refractivity contribution in [3.63, 3.8) is 0 Å². The van der Waals surface area contributed by atoms with Crippen molar-refractivity contribution in [1.29, 1.82) is 0 Å². The summed E-state index contributed by atoms with van der Waals surface area (Å²) in [6.45, 7) is -0.00393. The molecule has 0 radical (unpaired) electrons. The van der Waals surface area contributed by atoms with Crippen LogP contribution in [0.3, 0.4) is 0 Å². The summed E-state index contributed by atoms with van der Waals surface area (Å²) >= 11 is 0. The SMILES string of the molecule is Nc1cccc2c1C(=O)N(C(=O)CNC1CCCC1)C2=O. The Morgan fingerprint density at radius 2 is 1.95 bits per heavy atom. The Bertz CT molecular complexity index is 621. The van der Waals surface area contributed by atoms with Crippen LogP contribution in [-0.2, 0) is 4.79 Å². The maximum atomic E-state index is 12.2. The van der Waals surface area contributed by atoms with Gasteiger partial charge < -0.3 is 11.1 Å². The molecule has 1 aliphatic heterocycles. The Kier molecular flexibility index (Phi) is 3.47. The summed E-state index contributed by atoms with van der Waals surface area (Å²) in [5.41, 5.74) is 6.30. The first kappa shape index (κ1) is 13.8. The number of hydrogen-bond acceptors (Lipinski definition) is 5. The van der Waals surface area contributed by atoms with Gasteiger partial charge in [-0.3, -0.25) is 14.4 Å². The number of benzene rings is 1. The second kappa shape index (κ2) is 5.29. The normalized spacial score (nSPS) is 18.4. The molecule has 110 valence electrons. The standard InChI is InChI=1S/C15H17N3O3/c16-11-7-3-6-10-13(11)15(21)18(14(10)20)12(19)8-17-9-4-1-2-5-9/h3,6-7,9,17H,1-2,4-5,8,16H2. The van der Waals surface area contributed by atoms with Gasteiger partial charge in [0.25, 0.3) is 17.7 Å². The number of carbonyl (C=O) groups excluding carboxylic acids is 3. The van der Waals surface area contributed by atoms with E-state index in [-0.39, 0.29) is 23.4 Å². The molecule has 1 aromatic rings. The largest absolute Gasteiger partial charge is 0.398 e. The van der Waals surface area contributed by atoms with Crippen molar-refractivity contribution in [2.24, 2.45) is 0 Å². The van der Waals surface area contributed by atoms with Gasteiger partial charge in [0, 0.05) is 11.7 Å². The highest BCUT2D eigenvalue weighted by atomic mass is 16.2. The van der Waals surface area contributed by atoms with Crippen molar-refractivity contribution >= 4 is 23.4 Å². The Morgan fingerprint density at radius 3 is 2.62 bits per heavy atom. The third-order valence-corrected chi connectivity index (χ3v) is 4.09. The summed E-state index contributed by atoms with van der Waals surface area (Å²) in [5, 5.41) is 3.11. The highest BCUT2D eigenvalue weighted by Gasteiger charge is 2.40. The predicted molar refractivity (Wildman–Crippen MR) is 76.6 cm³/mol. The van der Waals surface area contributed by atoms with E-state index in [4.69, 9.17) is 5.73 Å². The van der Waals surface area contributed by atoms with Crippen LogP contribution in [0.25, 0.3) is 0 Å². The summed E-state index contributed by atoms with van der Waals surface area (Å²) in [4.78, 5) is 37.3. The molecule has 0 bridgehead atoms. The highest BCUT2D eigenvalue weighted by Crippen LogP contribution is 2.27. The van der Waals surface area contributed by atoms with E-state index in [1.54, 1.807) is 12.1 Å².